The highest BCUT2D eigenvalue weighted by molar-refractivity contribution is 8.14. The molecular formula is C17H23ClFN5OS. The van der Waals surface area contributed by atoms with Gasteiger partial charge in [-0.15, -0.1) is 0 Å². The Morgan fingerprint density at radius 1 is 1.54 bits per heavy atom. The molecule has 9 heteroatoms. The van der Waals surface area contributed by atoms with Gasteiger partial charge >= 0.3 is 6.03 Å². The quantitative estimate of drug-likeness (QED) is 0.705. The van der Waals surface area contributed by atoms with Crippen molar-refractivity contribution < 1.29 is 9.18 Å². The number of alkyl halides is 1. The second-order valence-electron chi connectivity index (χ2n) is 6.75. The predicted octanol–water partition coefficient (Wildman–Crippen LogP) is 3.59. The molecule has 6 nitrogen and oxygen atoms in total. The minimum absolute atomic E-state index is 0.190. The van der Waals surface area contributed by atoms with Crippen LogP contribution < -0.4 is 10.6 Å². The number of amidine groups is 1. The number of urea groups is 1. The van der Waals surface area contributed by atoms with Crippen molar-refractivity contribution in [3.63, 3.8) is 0 Å². The summed E-state index contributed by atoms with van der Waals surface area (Å²) >= 11 is 7.22. The maximum atomic E-state index is 14.7. The molecule has 5 atom stereocenters. The van der Waals surface area contributed by atoms with Crippen LogP contribution in [0.15, 0.2) is 22.1 Å². The van der Waals surface area contributed by atoms with Crippen LogP contribution >= 0.6 is 23.4 Å². The number of amides is 2. The first-order valence-corrected chi connectivity index (χ1v) is 9.74. The second-order valence-corrected chi connectivity index (χ2v) is 8.45. The molecule has 1 fully saturated rings. The molecule has 1 aliphatic heterocycles. The number of carbonyl (C=O) groups excluding carboxylic acids is 1. The lowest BCUT2D eigenvalue weighted by molar-refractivity contribution is 0.0300. The molecule has 0 aromatic heterocycles. The van der Waals surface area contributed by atoms with E-state index in [1.165, 1.54) is 18.7 Å². The monoisotopic (exact) mass is 399 g/mol. The smallest absolute Gasteiger partial charge is 0.321 e. The lowest BCUT2D eigenvalue weighted by Crippen LogP contribution is -2.54. The third-order valence-electron chi connectivity index (χ3n) is 4.64. The average molecular weight is 400 g/mol. The van der Waals surface area contributed by atoms with Crippen LogP contribution in [-0.2, 0) is 0 Å². The summed E-state index contributed by atoms with van der Waals surface area (Å²) in [6.07, 6.45) is 4.04. The van der Waals surface area contributed by atoms with Gasteiger partial charge in [-0.05, 0) is 32.8 Å². The first kappa shape index (κ1) is 20.7. The van der Waals surface area contributed by atoms with E-state index in [-0.39, 0.29) is 11.8 Å². The van der Waals surface area contributed by atoms with E-state index in [2.05, 4.69) is 26.7 Å². The van der Waals surface area contributed by atoms with Crippen molar-refractivity contribution in [2.24, 2.45) is 21.8 Å². The topological polar surface area (TPSA) is 89.6 Å². The van der Waals surface area contributed by atoms with Crippen molar-refractivity contribution in [3.8, 4) is 6.07 Å². The average Bonchev–Trinajstić information content (AvgIpc) is 2.61. The molecule has 142 valence electrons. The molecule has 1 heterocycles. The van der Waals surface area contributed by atoms with Crippen molar-refractivity contribution in [1.82, 2.24) is 10.6 Å². The largest absolute Gasteiger partial charge is 0.335 e. The molecule has 1 saturated carbocycles. The molecule has 5 unspecified atom stereocenters. The van der Waals surface area contributed by atoms with Crippen LogP contribution in [0.4, 0.5) is 9.18 Å². The number of rotatable bonds is 1. The van der Waals surface area contributed by atoms with E-state index < -0.39 is 29.6 Å². The zero-order chi connectivity index (χ0) is 19.3. The van der Waals surface area contributed by atoms with E-state index in [1.54, 1.807) is 19.1 Å². The number of hydrogen-bond donors (Lipinski definition) is 2. The molecule has 2 rings (SSSR count). The summed E-state index contributed by atoms with van der Waals surface area (Å²) in [4.78, 5) is 20.9. The first-order chi connectivity index (χ1) is 12.2. The van der Waals surface area contributed by atoms with Crippen LogP contribution in [0.5, 0.6) is 0 Å². The first-order valence-electron chi connectivity index (χ1n) is 8.48. The molecule has 1 aliphatic carbocycles. The highest BCUT2D eigenvalue weighted by Gasteiger charge is 2.44. The highest BCUT2D eigenvalue weighted by atomic mass is 35.5. The number of nitrogens with one attached hydrogen (secondary N) is 2. The van der Waals surface area contributed by atoms with Gasteiger partial charge in [0.05, 0.1) is 18.5 Å². The van der Waals surface area contributed by atoms with E-state index in [9.17, 15) is 9.18 Å². The van der Waals surface area contributed by atoms with Gasteiger partial charge < -0.3 is 5.32 Å². The van der Waals surface area contributed by atoms with E-state index >= 15 is 0 Å². The molecule has 2 amide bonds. The van der Waals surface area contributed by atoms with Gasteiger partial charge in [-0.1, -0.05) is 36.4 Å². The van der Waals surface area contributed by atoms with Gasteiger partial charge in [0.15, 0.2) is 5.17 Å². The normalized spacial score (nSPS) is 36.3. The molecule has 2 aliphatic rings. The second kappa shape index (κ2) is 8.87. The molecule has 0 saturated heterocycles. The van der Waals surface area contributed by atoms with E-state index in [4.69, 9.17) is 16.9 Å². The maximum Gasteiger partial charge on any atom is 0.321 e. The number of hydrogen-bond acceptors (Lipinski definition) is 5. The number of allylic oxidation sites excluding steroid dienone is 1. The number of carbonyl (C=O) groups is 1. The summed E-state index contributed by atoms with van der Waals surface area (Å²) in [5, 5.41) is 15.2. The van der Waals surface area contributed by atoms with Crippen LogP contribution in [-0.4, -0.2) is 40.0 Å². The summed E-state index contributed by atoms with van der Waals surface area (Å²) in [6.45, 7) is 5.45. The van der Waals surface area contributed by atoms with Crippen LogP contribution in [0.3, 0.4) is 0 Å². The number of thioether (sulfide) groups is 1. The molecular weight excluding hydrogens is 377 g/mol. The molecule has 0 aromatic carbocycles. The third kappa shape index (κ3) is 5.71. The van der Waals surface area contributed by atoms with Crippen molar-refractivity contribution in [3.05, 3.63) is 12.2 Å². The van der Waals surface area contributed by atoms with Gasteiger partial charge in [-0.2, -0.15) is 5.26 Å². The third-order valence-corrected chi connectivity index (χ3v) is 5.76. The summed E-state index contributed by atoms with van der Waals surface area (Å²) in [6, 6.07) is 1.24. The number of halogens is 2. The van der Waals surface area contributed by atoms with E-state index in [0.717, 1.165) is 0 Å². The van der Waals surface area contributed by atoms with Gasteiger partial charge in [0.25, 0.3) is 0 Å². The summed E-state index contributed by atoms with van der Waals surface area (Å²) in [5.41, 5.74) is -1.49. The number of nitriles is 1. The fourth-order valence-electron chi connectivity index (χ4n) is 3.06. The summed E-state index contributed by atoms with van der Waals surface area (Å²) in [5.74, 6) is -0.803. The molecule has 0 spiro atoms. The van der Waals surface area contributed by atoms with Gasteiger partial charge in [-0.3, -0.25) is 15.3 Å². The molecule has 0 aromatic rings. The number of nitrogens with zero attached hydrogens (tertiary/aromatic N) is 3. The highest BCUT2D eigenvalue weighted by Crippen LogP contribution is 2.39. The standard InChI is InChI=1S/C17H23ClFN5OS/c1-10-13(7-12(9-20)8-17(10,3)19)23-15(25)24-16-21-6-4-5-14(18)22-11(2)26-16/h4-5,10-13H,6-8H2,1-3H3,(H2,21,23,24,25)/b5-4-,22-14?. The van der Waals surface area contributed by atoms with Crippen molar-refractivity contribution in [1.29, 1.82) is 5.26 Å². The Hall–Kier alpha value is -1.59. The Morgan fingerprint density at radius 3 is 2.96 bits per heavy atom. The van der Waals surface area contributed by atoms with Crippen molar-refractivity contribution in [2.75, 3.05) is 6.54 Å². The Kier molecular flexibility index (Phi) is 7.07. The molecule has 0 radical (unpaired) electrons. The van der Waals surface area contributed by atoms with Gasteiger partial charge in [0, 0.05) is 12.0 Å². The SMILES string of the molecule is CC1N=C(Cl)/C=C\CN=C(NC(=O)NC2CC(C#N)CC(C)(F)C2C)S1. The summed E-state index contributed by atoms with van der Waals surface area (Å²) < 4.78 is 14.7. The van der Waals surface area contributed by atoms with Crippen LogP contribution in [0.2, 0.25) is 0 Å². The zero-order valence-electron chi connectivity index (χ0n) is 15.0. The lowest BCUT2D eigenvalue weighted by atomic mass is 9.71. The van der Waals surface area contributed by atoms with Crippen LogP contribution in [0.25, 0.3) is 0 Å². The van der Waals surface area contributed by atoms with E-state index in [1.807, 2.05) is 6.92 Å². The molecule has 0 bridgehead atoms. The Labute approximate surface area is 162 Å². The van der Waals surface area contributed by atoms with Gasteiger partial charge in [0.1, 0.15) is 16.2 Å². The predicted molar refractivity (Wildman–Crippen MR) is 104 cm³/mol. The van der Waals surface area contributed by atoms with Gasteiger partial charge in [0.2, 0.25) is 0 Å². The molecule has 26 heavy (non-hydrogen) atoms. The zero-order valence-corrected chi connectivity index (χ0v) is 16.6. The van der Waals surface area contributed by atoms with Gasteiger partial charge in [-0.25, -0.2) is 9.18 Å². The van der Waals surface area contributed by atoms with Crippen molar-refractivity contribution >= 4 is 39.7 Å². The molecule has 2 N–H and O–H groups in total. The van der Waals surface area contributed by atoms with E-state index in [0.29, 0.717) is 23.3 Å². The Balaban J connectivity index is 2.01. The fourth-order valence-corrected chi connectivity index (χ4v) is 4.14. The van der Waals surface area contributed by atoms with Crippen LogP contribution in [0.1, 0.15) is 33.6 Å². The van der Waals surface area contributed by atoms with Crippen LogP contribution in [0, 0.1) is 23.2 Å². The minimum Gasteiger partial charge on any atom is -0.335 e. The summed E-state index contributed by atoms with van der Waals surface area (Å²) in [7, 11) is 0. The Morgan fingerprint density at radius 2 is 2.27 bits per heavy atom. The van der Waals surface area contributed by atoms with Crippen molar-refractivity contribution in [2.45, 2.75) is 50.7 Å². The fraction of sp³-hybridized carbons (Fsp3) is 0.647. The minimum atomic E-state index is -1.49. The Bertz CT molecular complexity index is 673. The lowest BCUT2D eigenvalue weighted by Gasteiger charge is -2.41. The number of aliphatic imine (C=N–C) groups is 2. The maximum absolute atomic E-state index is 14.7.